The van der Waals surface area contributed by atoms with Gasteiger partial charge in [0.1, 0.15) is 0 Å². The molecule has 2 N–H and O–H groups in total. The van der Waals surface area contributed by atoms with E-state index in [9.17, 15) is 0 Å². The molecule has 0 saturated heterocycles. The van der Waals surface area contributed by atoms with Crippen LogP contribution in [0.15, 0.2) is 0 Å². The molecule has 0 rings (SSSR count). The van der Waals surface area contributed by atoms with E-state index < -0.39 is 0 Å². The first-order chi connectivity index (χ1) is 3.72. The number of alkyl halides is 2. The Bertz CT molecular complexity index is 96.6. The van der Waals surface area contributed by atoms with Gasteiger partial charge in [-0.25, -0.2) is 0 Å². The molecule has 8 heavy (non-hydrogen) atoms. The maximum atomic E-state index is 6.90. The van der Waals surface area contributed by atoms with Crippen LogP contribution in [0.2, 0.25) is 0 Å². The minimum absolute atomic E-state index is 0.0750. The van der Waals surface area contributed by atoms with Crippen LogP contribution in [0.1, 0.15) is 0 Å². The second-order valence-electron chi connectivity index (χ2n) is 1.22. The fourth-order valence-corrected chi connectivity index (χ4v) is 0.484. The van der Waals surface area contributed by atoms with Gasteiger partial charge in [0.15, 0.2) is 0 Å². The molecule has 0 heterocycles. The molecule has 0 aromatic rings. The zero-order chi connectivity index (χ0) is 6.57. The van der Waals surface area contributed by atoms with Crippen molar-refractivity contribution < 1.29 is 0 Å². The van der Waals surface area contributed by atoms with E-state index >= 15 is 0 Å². The Balaban J connectivity index is 3.64. The Kier molecular flexibility index (Phi) is 3.83. The summed E-state index contributed by atoms with van der Waals surface area (Å²) in [6.45, 7) is 0. The summed E-state index contributed by atoms with van der Waals surface area (Å²) in [6.07, 6.45) is 0. The van der Waals surface area contributed by atoms with Gasteiger partial charge in [-0.3, -0.25) is 0 Å². The van der Waals surface area contributed by atoms with Gasteiger partial charge in [0.2, 0.25) is 0 Å². The van der Waals surface area contributed by atoms with Gasteiger partial charge >= 0.3 is 0 Å². The van der Waals surface area contributed by atoms with Crippen LogP contribution in [0.25, 0.3) is 0 Å². The van der Waals surface area contributed by atoms with Gasteiger partial charge in [-0.2, -0.15) is 0 Å². The number of rotatable bonds is 3. The largest absolute Gasteiger partial charge is 0.302 e. The SMILES string of the molecule is N=C(CCl)C(=N)CCl. The van der Waals surface area contributed by atoms with E-state index in [2.05, 4.69) is 0 Å². The fourth-order valence-electron chi connectivity index (χ4n) is 0.161. The lowest BCUT2D eigenvalue weighted by Crippen LogP contribution is -2.14. The molecule has 0 aromatic carbocycles. The van der Waals surface area contributed by atoms with Crippen molar-refractivity contribution in [1.82, 2.24) is 0 Å². The molecule has 2 nitrogen and oxygen atoms in total. The summed E-state index contributed by atoms with van der Waals surface area (Å²) in [5.74, 6) is 0.150. The van der Waals surface area contributed by atoms with Crippen molar-refractivity contribution in [3.8, 4) is 0 Å². The van der Waals surface area contributed by atoms with Crippen LogP contribution >= 0.6 is 23.2 Å². The summed E-state index contributed by atoms with van der Waals surface area (Å²) < 4.78 is 0. The van der Waals surface area contributed by atoms with Crippen LogP contribution in [0, 0.1) is 10.8 Å². The number of halogens is 2. The highest BCUT2D eigenvalue weighted by molar-refractivity contribution is 6.54. The molecule has 0 amide bonds. The first kappa shape index (κ1) is 7.92. The second-order valence-corrected chi connectivity index (χ2v) is 1.76. The first-order valence-corrected chi connectivity index (χ1v) is 3.06. The van der Waals surface area contributed by atoms with E-state index in [1.807, 2.05) is 0 Å². The summed E-state index contributed by atoms with van der Waals surface area (Å²) in [5, 5.41) is 13.8. The monoisotopic (exact) mass is 152 g/mol. The zero-order valence-corrected chi connectivity index (χ0v) is 5.68. The molecule has 4 heteroatoms. The third-order valence-corrected chi connectivity index (χ3v) is 1.17. The Labute approximate surface area is 57.8 Å². The predicted octanol–water partition coefficient (Wildman–Crippen LogP) is 1.50. The third-order valence-electron chi connectivity index (χ3n) is 0.632. The Morgan fingerprint density at radius 2 is 1.25 bits per heavy atom. The van der Waals surface area contributed by atoms with Gasteiger partial charge < -0.3 is 10.8 Å². The van der Waals surface area contributed by atoms with Crippen molar-refractivity contribution in [3.63, 3.8) is 0 Å². The Hall–Kier alpha value is -0.0800. The van der Waals surface area contributed by atoms with E-state index in [0.29, 0.717) is 0 Å². The number of nitrogens with one attached hydrogen (secondary N) is 2. The van der Waals surface area contributed by atoms with Crippen LogP contribution in [0.5, 0.6) is 0 Å². The van der Waals surface area contributed by atoms with Crippen molar-refractivity contribution in [2.75, 3.05) is 11.8 Å². The third kappa shape index (κ3) is 2.28. The maximum absolute atomic E-state index is 6.90. The summed E-state index contributed by atoms with van der Waals surface area (Å²) >= 11 is 10.4. The van der Waals surface area contributed by atoms with Crippen LogP contribution in [-0.2, 0) is 0 Å². The van der Waals surface area contributed by atoms with Gasteiger partial charge in [-0.05, 0) is 0 Å². The number of hydrogen-bond acceptors (Lipinski definition) is 2. The topological polar surface area (TPSA) is 47.7 Å². The van der Waals surface area contributed by atoms with E-state index in [4.69, 9.17) is 34.0 Å². The highest BCUT2D eigenvalue weighted by atomic mass is 35.5. The van der Waals surface area contributed by atoms with Gasteiger partial charge in [0.25, 0.3) is 0 Å². The molecule has 0 aliphatic heterocycles. The van der Waals surface area contributed by atoms with E-state index in [0.717, 1.165) is 0 Å². The normalized spacial score (nSPS) is 8.75. The number of hydrogen-bond donors (Lipinski definition) is 2. The van der Waals surface area contributed by atoms with Crippen LogP contribution < -0.4 is 0 Å². The Morgan fingerprint density at radius 3 is 1.38 bits per heavy atom. The average molecular weight is 153 g/mol. The van der Waals surface area contributed by atoms with Crippen LogP contribution in [0.3, 0.4) is 0 Å². The first-order valence-electron chi connectivity index (χ1n) is 1.99. The van der Waals surface area contributed by atoms with Crippen molar-refractivity contribution in [2.45, 2.75) is 0 Å². The van der Waals surface area contributed by atoms with E-state index in [1.165, 1.54) is 0 Å². The molecule has 0 saturated carbocycles. The van der Waals surface area contributed by atoms with E-state index in [-0.39, 0.29) is 23.2 Å². The summed E-state index contributed by atoms with van der Waals surface area (Å²) in [4.78, 5) is 0. The molecule has 0 aliphatic carbocycles. The molecular formula is C4H6Cl2N2. The van der Waals surface area contributed by atoms with Gasteiger partial charge in [-0.1, -0.05) is 0 Å². The van der Waals surface area contributed by atoms with Crippen molar-refractivity contribution in [1.29, 1.82) is 10.8 Å². The van der Waals surface area contributed by atoms with Gasteiger partial charge in [-0.15, -0.1) is 23.2 Å². The minimum Gasteiger partial charge on any atom is -0.302 e. The molecule has 0 spiro atoms. The fraction of sp³-hybridized carbons (Fsp3) is 0.500. The standard InChI is InChI=1S/C4H6Cl2N2/c5-1-3(7)4(8)2-6/h7-8H,1-2H2. The summed E-state index contributed by atoms with van der Waals surface area (Å²) in [6, 6.07) is 0. The molecule has 46 valence electrons. The van der Waals surface area contributed by atoms with Gasteiger partial charge in [0, 0.05) is 0 Å². The van der Waals surface area contributed by atoms with Gasteiger partial charge in [0.05, 0.1) is 23.2 Å². The lowest BCUT2D eigenvalue weighted by molar-refractivity contribution is 1.45. The molecule has 0 fully saturated rings. The second kappa shape index (κ2) is 3.87. The quantitative estimate of drug-likeness (QED) is 0.456. The minimum atomic E-state index is 0.0750. The molecule has 0 radical (unpaired) electrons. The maximum Gasteiger partial charge on any atom is 0.0681 e. The average Bonchev–Trinajstić information content (AvgIpc) is 1.84. The highest BCUT2D eigenvalue weighted by Gasteiger charge is 1.98. The smallest absolute Gasteiger partial charge is 0.0681 e. The van der Waals surface area contributed by atoms with Crippen molar-refractivity contribution in [2.24, 2.45) is 0 Å². The molecular weight excluding hydrogens is 147 g/mol. The molecule has 0 bridgehead atoms. The zero-order valence-electron chi connectivity index (χ0n) is 4.17. The molecule has 0 atom stereocenters. The molecule has 0 aliphatic rings. The lowest BCUT2D eigenvalue weighted by Gasteiger charge is -1.93. The summed E-state index contributed by atoms with van der Waals surface area (Å²) in [5.41, 5.74) is 0.198. The lowest BCUT2D eigenvalue weighted by atomic mass is 10.3. The molecule has 0 aromatic heterocycles. The predicted molar refractivity (Wildman–Crippen MR) is 36.9 cm³/mol. The molecule has 0 unspecified atom stereocenters. The summed E-state index contributed by atoms with van der Waals surface area (Å²) in [7, 11) is 0. The van der Waals surface area contributed by atoms with Crippen LogP contribution in [-0.4, -0.2) is 23.2 Å². The van der Waals surface area contributed by atoms with Crippen LogP contribution in [0.4, 0.5) is 0 Å². The van der Waals surface area contributed by atoms with Crippen molar-refractivity contribution in [3.05, 3.63) is 0 Å². The van der Waals surface area contributed by atoms with Crippen molar-refractivity contribution >= 4 is 34.6 Å². The highest BCUT2D eigenvalue weighted by Crippen LogP contribution is 1.85. The Morgan fingerprint density at radius 1 is 1.00 bits per heavy atom. The van der Waals surface area contributed by atoms with E-state index in [1.54, 1.807) is 0 Å².